The number of thioether (sulfide) groups is 1. The van der Waals surface area contributed by atoms with Gasteiger partial charge in [0.25, 0.3) is 5.24 Å². The lowest BCUT2D eigenvalue weighted by atomic mass is 10.3. The van der Waals surface area contributed by atoms with Crippen LogP contribution in [0.2, 0.25) is 0 Å². The lowest BCUT2D eigenvalue weighted by Crippen LogP contribution is -2.38. The van der Waals surface area contributed by atoms with Crippen LogP contribution >= 0.6 is 24.2 Å². The Morgan fingerprint density at radius 1 is 1.67 bits per heavy atom. The van der Waals surface area contributed by atoms with Crippen molar-refractivity contribution >= 4 is 35.3 Å². The molecule has 1 fully saturated rings. The van der Waals surface area contributed by atoms with Crippen molar-refractivity contribution in [1.29, 1.82) is 0 Å². The Balaban J connectivity index is 0.00000121. The number of rotatable bonds is 2. The number of imide groups is 1. The number of nitrogens with zero attached hydrogens (tertiary/aromatic N) is 1. The van der Waals surface area contributed by atoms with E-state index in [0.29, 0.717) is 6.54 Å². The van der Waals surface area contributed by atoms with Crippen LogP contribution in [0.3, 0.4) is 0 Å². The zero-order valence-corrected chi connectivity index (χ0v) is 8.28. The van der Waals surface area contributed by atoms with Crippen molar-refractivity contribution in [2.24, 2.45) is 5.73 Å². The molecular weight excluding hydrogens is 200 g/mol. The Kier molecular flexibility index (Phi) is 4.59. The predicted octanol–water partition coefficient (Wildman–Crippen LogP) is 0.451. The second-order valence-corrected chi connectivity index (χ2v) is 3.46. The zero-order valence-electron chi connectivity index (χ0n) is 6.65. The molecule has 0 saturated carbocycles. The van der Waals surface area contributed by atoms with Crippen LogP contribution in [-0.2, 0) is 4.79 Å². The Morgan fingerprint density at radius 3 is 2.58 bits per heavy atom. The van der Waals surface area contributed by atoms with Gasteiger partial charge in [-0.1, -0.05) is 11.8 Å². The second kappa shape index (κ2) is 4.69. The summed E-state index contributed by atoms with van der Waals surface area (Å²) in [4.78, 5) is 23.1. The molecule has 1 saturated heterocycles. The van der Waals surface area contributed by atoms with Crippen LogP contribution < -0.4 is 5.73 Å². The topological polar surface area (TPSA) is 63.4 Å². The number of hydrogen-bond donors (Lipinski definition) is 1. The van der Waals surface area contributed by atoms with Gasteiger partial charge in [-0.25, -0.2) is 0 Å². The lowest BCUT2D eigenvalue weighted by Gasteiger charge is -2.14. The predicted molar refractivity (Wildman–Crippen MR) is 50.5 cm³/mol. The summed E-state index contributed by atoms with van der Waals surface area (Å²) >= 11 is 1.04. The van der Waals surface area contributed by atoms with Crippen molar-refractivity contribution in [2.45, 2.75) is 13.0 Å². The van der Waals surface area contributed by atoms with Gasteiger partial charge in [0, 0.05) is 12.6 Å². The number of nitrogens with two attached hydrogens (primary N) is 1. The Bertz CT molecular complexity index is 182. The van der Waals surface area contributed by atoms with Crippen molar-refractivity contribution in [3.8, 4) is 0 Å². The molecule has 1 unspecified atom stereocenters. The van der Waals surface area contributed by atoms with Crippen LogP contribution in [0.4, 0.5) is 4.79 Å². The average Bonchev–Trinajstić information content (AvgIpc) is 2.18. The number of hydrogen-bond acceptors (Lipinski definition) is 4. The highest BCUT2D eigenvalue weighted by Gasteiger charge is 2.29. The molecule has 0 spiro atoms. The van der Waals surface area contributed by atoms with Gasteiger partial charge in [0.05, 0.1) is 5.75 Å². The van der Waals surface area contributed by atoms with Crippen molar-refractivity contribution in [2.75, 3.05) is 12.3 Å². The molecule has 0 aromatic carbocycles. The molecular formula is C6H11ClN2O2S. The minimum absolute atomic E-state index is 0. The smallest absolute Gasteiger partial charge is 0.288 e. The Morgan fingerprint density at radius 2 is 2.25 bits per heavy atom. The number of halogens is 1. The largest absolute Gasteiger partial charge is 0.326 e. The maximum Gasteiger partial charge on any atom is 0.288 e. The summed E-state index contributed by atoms with van der Waals surface area (Å²) in [5, 5.41) is -0.174. The highest BCUT2D eigenvalue weighted by Crippen LogP contribution is 2.18. The quantitative estimate of drug-likeness (QED) is 0.719. The summed E-state index contributed by atoms with van der Waals surface area (Å²) in [6, 6.07) is -0.137. The molecule has 1 aliphatic heterocycles. The third-order valence-electron chi connectivity index (χ3n) is 1.31. The monoisotopic (exact) mass is 210 g/mol. The van der Waals surface area contributed by atoms with Gasteiger partial charge in [-0.2, -0.15) is 0 Å². The molecule has 1 rings (SSSR count). The first-order valence-corrected chi connectivity index (χ1v) is 4.32. The summed E-state index contributed by atoms with van der Waals surface area (Å²) in [6.45, 7) is 2.11. The molecule has 1 atom stereocenters. The van der Waals surface area contributed by atoms with Crippen LogP contribution in [0, 0.1) is 0 Å². The van der Waals surface area contributed by atoms with E-state index in [0.717, 1.165) is 11.8 Å². The second-order valence-electron chi connectivity index (χ2n) is 2.54. The van der Waals surface area contributed by atoms with Gasteiger partial charge < -0.3 is 5.73 Å². The molecule has 0 radical (unpaired) electrons. The normalized spacial score (nSPS) is 19.3. The number of carbonyl (C=O) groups excluding carboxylic acids is 2. The molecule has 70 valence electrons. The van der Waals surface area contributed by atoms with Crippen molar-refractivity contribution in [3.63, 3.8) is 0 Å². The Hall–Kier alpha value is -0.260. The van der Waals surface area contributed by atoms with Crippen molar-refractivity contribution in [3.05, 3.63) is 0 Å². The van der Waals surface area contributed by atoms with E-state index in [1.807, 2.05) is 0 Å². The van der Waals surface area contributed by atoms with Gasteiger partial charge in [-0.3, -0.25) is 14.5 Å². The van der Waals surface area contributed by atoms with Gasteiger partial charge in [-0.15, -0.1) is 12.4 Å². The van der Waals surface area contributed by atoms with Crippen molar-refractivity contribution < 1.29 is 9.59 Å². The molecule has 0 aromatic rings. The molecule has 0 aliphatic carbocycles. The fraction of sp³-hybridized carbons (Fsp3) is 0.667. The van der Waals surface area contributed by atoms with E-state index in [9.17, 15) is 9.59 Å². The van der Waals surface area contributed by atoms with Crippen LogP contribution in [0.1, 0.15) is 6.92 Å². The van der Waals surface area contributed by atoms with Crippen LogP contribution in [-0.4, -0.2) is 34.4 Å². The first kappa shape index (κ1) is 11.7. The Labute approximate surface area is 81.3 Å². The molecule has 2 N–H and O–H groups in total. The van der Waals surface area contributed by atoms with Gasteiger partial charge >= 0.3 is 0 Å². The van der Waals surface area contributed by atoms with E-state index in [-0.39, 0.29) is 35.3 Å². The van der Waals surface area contributed by atoms with Gasteiger partial charge in [0.1, 0.15) is 0 Å². The molecule has 1 aliphatic rings. The fourth-order valence-corrected chi connectivity index (χ4v) is 1.58. The van der Waals surface area contributed by atoms with Crippen molar-refractivity contribution in [1.82, 2.24) is 4.90 Å². The highest BCUT2D eigenvalue weighted by molar-refractivity contribution is 8.14. The first-order valence-electron chi connectivity index (χ1n) is 3.34. The molecule has 1 heterocycles. The van der Waals surface area contributed by atoms with Gasteiger partial charge in [0.2, 0.25) is 5.91 Å². The lowest BCUT2D eigenvalue weighted by molar-refractivity contribution is -0.124. The third kappa shape index (κ3) is 2.66. The summed E-state index contributed by atoms with van der Waals surface area (Å²) in [6.07, 6.45) is 0. The minimum atomic E-state index is -0.174. The minimum Gasteiger partial charge on any atom is -0.326 e. The summed E-state index contributed by atoms with van der Waals surface area (Å²) in [7, 11) is 0. The SMILES string of the molecule is CC(N)CN1C(=O)CSC1=O.Cl. The summed E-state index contributed by atoms with van der Waals surface area (Å²) in [5.41, 5.74) is 5.44. The summed E-state index contributed by atoms with van der Waals surface area (Å²) < 4.78 is 0. The van der Waals surface area contributed by atoms with E-state index in [1.54, 1.807) is 6.92 Å². The maximum absolute atomic E-state index is 10.9. The average molecular weight is 211 g/mol. The first-order chi connectivity index (χ1) is 5.11. The molecule has 0 aromatic heterocycles. The molecule has 12 heavy (non-hydrogen) atoms. The number of amides is 2. The molecule has 6 heteroatoms. The van der Waals surface area contributed by atoms with Gasteiger partial charge in [-0.05, 0) is 6.92 Å². The van der Waals surface area contributed by atoms with E-state index >= 15 is 0 Å². The van der Waals surface area contributed by atoms with E-state index in [1.165, 1.54) is 4.90 Å². The van der Waals surface area contributed by atoms with Crippen LogP contribution in [0.15, 0.2) is 0 Å². The number of carbonyl (C=O) groups is 2. The standard InChI is InChI=1S/C6H10N2O2S.ClH/c1-4(7)2-8-5(9)3-11-6(8)10;/h4H,2-3,7H2,1H3;1H. The maximum atomic E-state index is 10.9. The van der Waals surface area contributed by atoms with Crippen LogP contribution in [0.25, 0.3) is 0 Å². The molecule has 0 bridgehead atoms. The molecule has 2 amide bonds. The fourth-order valence-electron chi connectivity index (χ4n) is 0.845. The summed E-state index contributed by atoms with van der Waals surface area (Å²) in [5.74, 6) is 0.142. The van der Waals surface area contributed by atoms with E-state index < -0.39 is 0 Å². The van der Waals surface area contributed by atoms with E-state index in [4.69, 9.17) is 5.73 Å². The zero-order chi connectivity index (χ0) is 8.43. The molecule has 4 nitrogen and oxygen atoms in total. The highest BCUT2D eigenvalue weighted by atomic mass is 35.5. The van der Waals surface area contributed by atoms with Crippen LogP contribution in [0.5, 0.6) is 0 Å². The third-order valence-corrected chi connectivity index (χ3v) is 2.17. The van der Waals surface area contributed by atoms with E-state index in [2.05, 4.69) is 0 Å². The van der Waals surface area contributed by atoms with Gasteiger partial charge in [0.15, 0.2) is 0 Å².